The number of aromatic nitrogens is 2. The van der Waals surface area contributed by atoms with Crippen LogP contribution in [0.15, 0.2) is 24.3 Å². The summed E-state index contributed by atoms with van der Waals surface area (Å²) in [5.74, 6) is 0.0142. The molecule has 1 aliphatic heterocycles. The number of likely N-dealkylation sites (tertiary alicyclic amines) is 1. The number of nitrogens with zero attached hydrogens (tertiary/aromatic N) is 3. The van der Waals surface area contributed by atoms with E-state index in [0.29, 0.717) is 23.6 Å². The van der Waals surface area contributed by atoms with Crippen molar-refractivity contribution in [2.45, 2.75) is 25.8 Å². The Morgan fingerprint density at radius 2 is 2.16 bits per heavy atom. The van der Waals surface area contributed by atoms with Crippen molar-refractivity contribution >= 4 is 5.82 Å². The van der Waals surface area contributed by atoms with E-state index in [9.17, 15) is 13.9 Å². The zero-order valence-corrected chi connectivity index (χ0v) is 14.2. The molecule has 1 saturated heterocycles. The SMILES string of the molecule is Cc1cc(-c2ccc(F)cc2O)nnc1N[C@@H]1CCCN(CCF)C1. The van der Waals surface area contributed by atoms with E-state index in [-0.39, 0.29) is 18.5 Å². The number of halogens is 2. The molecule has 1 aliphatic rings. The van der Waals surface area contributed by atoms with Gasteiger partial charge in [0.1, 0.15) is 18.2 Å². The molecule has 0 radical (unpaired) electrons. The topological polar surface area (TPSA) is 61.3 Å². The maximum Gasteiger partial charge on any atom is 0.151 e. The summed E-state index contributed by atoms with van der Waals surface area (Å²) in [7, 11) is 0. The van der Waals surface area contributed by atoms with Gasteiger partial charge in [-0.2, -0.15) is 0 Å². The summed E-state index contributed by atoms with van der Waals surface area (Å²) in [5, 5.41) is 21.6. The molecule has 1 aromatic carbocycles. The van der Waals surface area contributed by atoms with E-state index in [1.807, 2.05) is 13.0 Å². The maximum absolute atomic E-state index is 13.1. The quantitative estimate of drug-likeness (QED) is 0.869. The molecular formula is C18H22F2N4O. The van der Waals surface area contributed by atoms with Gasteiger partial charge in [0, 0.05) is 30.8 Å². The third-order valence-corrected chi connectivity index (χ3v) is 4.47. The summed E-state index contributed by atoms with van der Waals surface area (Å²) in [6.45, 7) is 3.75. The van der Waals surface area contributed by atoms with Gasteiger partial charge in [-0.15, -0.1) is 10.2 Å². The normalized spacial score (nSPS) is 18.3. The Morgan fingerprint density at radius 3 is 2.88 bits per heavy atom. The van der Waals surface area contributed by atoms with Crippen LogP contribution in [0.1, 0.15) is 18.4 Å². The molecule has 0 spiro atoms. The number of benzene rings is 1. The van der Waals surface area contributed by atoms with E-state index in [1.54, 1.807) is 0 Å². The first-order chi connectivity index (χ1) is 12.1. The van der Waals surface area contributed by atoms with E-state index in [1.165, 1.54) is 12.1 Å². The molecule has 2 N–H and O–H groups in total. The van der Waals surface area contributed by atoms with Gasteiger partial charge >= 0.3 is 0 Å². The Balaban J connectivity index is 1.74. The Hall–Kier alpha value is -2.28. The van der Waals surface area contributed by atoms with Crippen molar-refractivity contribution < 1.29 is 13.9 Å². The lowest BCUT2D eigenvalue weighted by molar-refractivity contribution is 0.200. The number of hydrogen-bond acceptors (Lipinski definition) is 5. The average molecular weight is 348 g/mol. The average Bonchev–Trinajstić information content (AvgIpc) is 2.57. The highest BCUT2D eigenvalue weighted by Gasteiger charge is 2.20. The fourth-order valence-electron chi connectivity index (χ4n) is 3.17. The van der Waals surface area contributed by atoms with Crippen LogP contribution in [0.2, 0.25) is 0 Å². The Labute approximate surface area is 145 Å². The molecule has 25 heavy (non-hydrogen) atoms. The molecule has 3 rings (SSSR count). The third kappa shape index (κ3) is 4.22. The smallest absolute Gasteiger partial charge is 0.151 e. The van der Waals surface area contributed by atoms with E-state index >= 15 is 0 Å². The van der Waals surface area contributed by atoms with Crippen LogP contribution in [-0.4, -0.2) is 52.6 Å². The lowest BCUT2D eigenvalue weighted by atomic mass is 10.1. The van der Waals surface area contributed by atoms with Crippen molar-refractivity contribution in [3.63, 3.8) is 0 Å². The molecular weight excluding hydrogens is 326 g/mol. The minimum atomic E-state index is -0.501. The molecule has 2 heterocycles. The van der Waals surface area contributed by atoms with Crippen molar-refractivity contribution in [2.24, 2.45) is 0 Å². The van der Waals surface area contributed by atoms with E-state index in [4.69, 9.17) is 0 Å². The molecule has 0 saturated carbocycles. The predicted octanol–water partition coefficient (Wildman–Crippen LogP) is 3.14. The monoisotopic (exact) mass is 348 g/mol. The number of anilines is 1. The van der Waals surface area contributed by atoms with Gasteiger partial charge in [0.25, 0.3) is 0 Å². The molecule has 1 fully saturated rings. The van der Waals surface area contributed by atoms with Gasteiger partial charge in [-0.1, -0.05) is 0 Å². The predicted molar refractivity (Wildman–Crippen MR) is 92.9 cm³/mol. The summed E-state index contributed by atoms with van der Waals surface area (Å²) in [6, 6.07) is 5.83. The number of aryl methyl sites for hydroxylation is 1. The highest BCUT2D eigenvalue weighted by molar-refractivity contribution is 5.68. The number of nitrogens with one attached hydrogen (secondary N) is 1. The summed E-state index contributed by atoms with van der Waals surface area (Å²) in [4.78, 5) is 2.11. The Bertz CT molecular complexity index is 739. The van der Waals surface area contributed by atoms with Gasteiger partial charge in [-0.25, -0.2) is 8.78 Å². The van der Waals surface area contributed by atoms with Gasteiger partial charge < -0.3 is 10.4 Å². The van der Waals surface area contributed by atoms with Crippen LogP contribution in [0.25, 0.3) is 11.3 Å². The highest BCUT2D eigenvalue weighted by atomic mass is 19.1. The molecule has 1 aromatic heterocycles. The summed E-state index contributed by atoms with van der Waals surface area (Å²) < 4.78 is 25.7. The number of phenolic OH excluding ortho intramolecular Hbond substituents is 1. The van der Waals surface area contributed by atoms with Gasteiger partial charge in [-0.3, -0.25) is 4.90 Å². The van der Waals surface area contributed by atoms with Crippen LogP contribution in [0.4, 0.5) is 14.6 Å². The van der Waals surface area contributed by atoms with Crippen LogP contribution in [0.3, 0.4) is 0 Å². The molecule has 0 aliphatic carbocycles. The molecule has 0 bridgehead atoms. The molecule has 134 valence electrons. The Morgan fingerprint density at radius 1 is 1.32 bits per heavy atom. The standard InChI is InChI=1S/C18H22F2N4O/c1-12-9-16(15-5-4-13(20)10-17(15)25)22-23-18(12)21-14-3-2-7-24(11-14)8-6-19/h4-5,9-10,14,25H,2-3,6-8,11H2,1H3,(H,21,23)/t14-/m1/s1. The molecule has 5 nitrogen and oxygen atoms in total. The minimum Gasteiger partial charge on any atom is -0.507 e. The van der Waals surface area contributed by atoms with Gasteiger partial charge in [-0.05, 0) is 50.1 Å². The van der Waals surface area contributed by atoms with Crippen LogP contribution in [0.5, 0.6) is 5.75 Å². The third-order valence-electron chi connectivity index (χ3n) is 4.47. The number of phenols is 1. The zero-order chi connectivity index (χ0) is 17.8. The lowest BCUT2D eigenvalue weighted by Gasteiger charge is -2.32. The van der Waals surface area contributed by atoms with Crippen LogP contribution in [0, 0.1) is 12.7 Å². The Kier molecular flexibility index (Phi) is 5.43. The summed E-state index contributed by atoms with van der Waals surface area (Å²) in [5.41, 5.74) is 1.81. The van der Waals surface area contributed by atoms with Gasteiger partial charge in [0.05, 0.1) is 5.69 Å². The second kappa shape index (κ2) is 7.74. The lowest BCUT2D eigenvalue weighted by Crippen LogP contribution is -2.43. The molecule has 0 amide bonds. The van der Waals surface area contributed by atoms with Crippen molar-refractivity contribution in [2.75, 3.05) is 31.6 Å². The first-order valence-corrected chi connectivity index (χ1v) is 8.45. The number of piperidine rings is 1. The molecule has 2 aromatic rings. The van der Waals surface area contributed by atoms with Gasteiger partial charge in [0.2, 0.25) is 0 Å². The molecule has 1 atom stereocenters. The van der Waals surface area contributed by atoms with Crippen LogP contribution >= 0.6 is 0 Å². The maximum atomic E-state index is 13.1. The molecule has 0 unspecified atom stereocenters. The fourth-order valence-corrected chi connectivity index (χ4v) is 3.17. The minimum absolute atomic E-state index is 0.163. The van der Waals surface area contributed by atoms with Gasteiger partial charge in [0.15, 0.2) is 5.82 Å². The second-order valence-corrected chi connectivity index (χ2v) is 6.40. The van der Waals surface area contributed by atoms with E-state index in [0.717, 1.165) is 37.6 Å². The van der Waals surface area contributed by atoms with Crippen molar-refractivity contribution in [1.29, 1.82) is 0 Å². The van der Waals surface area contributed by atoms with E-state index < -0.39 is 5.82 Å². The first kappa shape index (κ1) is 17.5. The first-order valence-electron chi connectivity index (χ1n) is 8.45. The number of hydrogen-bond donors (Lipinski definition) is 2. The highest BCUT2D eigenvalue weighted by Crippen LogP contribution is 2.29. The van der Waals surface area contributed by atoms with Crippen LogP contribution in [-0.2, 0) is 0 Å². The van der Waals surface area contributed by atoms with Crippen molar-refractivity contribution in [3.8, 4) is 17.0 Å². The largest absolute Gasteiger partial charge is 0.507 e. The van der Waals surface area contributed by atoms with Crippen molar-refractivity contribution in [3.05, 3.63) is 35.6 Å². The zero-order valence-electron chi connectivity index (χ0n) is 14.2. The van der Waals surface area contributed by atoms with Crippen LogP contribution < -0.4 is 5.32 Å². The summed E-state index contributed by atoms with van der Waals surface area (Å²) in [6.07, 6.45) is 2.02. The summed E-state index contributed by atoms with van der Waals surface area (Å²) >= 11 is 0. The number of aromatic hydroxyl groups is 1. The number of rotatable bonds is 5. The second-order valence-electron chi connectivity index (χ2n) is 6.40. The number of alkyl halides is 1. The molecule has 7 heteroatoms. The van der Waals surface area contributed by atoms with Crippen molar-refractivity contribution in [1.82, 2.24) is 15.1 Å². The van der Waals surface area contributed by atoms with E-state index in [2.05, 4.69) is 20.4 Å². The fraction of sp³-hybridized carbons (Fsp3) is 0.444.